The molecule has 1 heterocycles. The molecule has 0 saturated carbocycles. The molecule has 18 heavy (non-hydrogen) atoms. The maximum Gasteiger partial charge on any atom is 0.187 e. The molecule has 3 nitrogen and oxygen atoms in total. The molecule has 0 atom stereocenters. The molecule has 0 aliphatic heterocycles. The van der Waals surface area contributed by atoms with Crippen LogP contribution in [0.15, 0.2) is 18.2 Å². The highest BCUT2D eigenvalue weighted by molar-refractivity contribution is 7.15. The van der Waals surface area contributed by atoms with Crippen molar-refractivity contribution in [3.05, 3.63) is 39.9 Å². The van der Waals surface area contributed by atoms with Gasteiger partial charge in [0.25, 0.3) is 0 Å². The molecule has 1 aliphatic rings. The lowest BCUT2D eigenvalue weighted by Gasteiger charge is -2.04. The van der Waals surface area contributed by atoms with E-state index in [9.17, 15) is 0 Å². The Bertz CT molecular complexity index is 615. The van der Waals surface area contributed by atoms with E-state index < -0.39 is 0 Å². The highest BCUT2D eigenvalue weighted by Gasteiger charge is 2.16. The van der Waals surface area contributed by atoms with E-state index in [4.69, 9.17) is 5.26 Å². The van der Waals surface area contributed by atoms with E-state index in [0.717, 1.165) is 28.4 Å². The minimum atomic E-state index is 0.724. The molecule has 0 radical (unpaired) electrons. The third-order valence-corrected chi connectivity index (χ3v) is 4.27. The SMILES string of the molecule is Cc1cc(Nc2nc3c(s2)CCC3)ccc1C#N. The quantitative estimate of drug-likeness (QED) is 0.892. The predicted molar refractivity (Wildman–Crippen MR) is 73.3 cm³/mol. The van der Waals surface area contributed by atoms with Crippen LogP contribution in [0.3, 0.4) is 0 Å². The Morgan fingerprint density at radius 1 is 1.39 bits per heavy atom. The summed E-state index contributed by atoms with van der Waals surface area (Å²) in [7, 11) is 0. The number of thiazole rings is 1. The zero-order valence-electron chi connectivity index (χ0n) is 10.2. The Kier molecular flexibility index (Phi) is 2.77. The minimum absolute atomic E-state index is 0.724. The summed E-state index contributed by atoms with van der Waals surface area (Å²) >= 11 is 1.75. The number of nitriles is 1. The van der Waals surface area contributed by atoms with Gasteiger partial charge in [-0.15, -0.1) is 11.3 Å². The van der Waals surface area contributed by atoms with E-state index in [1.807, 2.05) is 25.1 Å². The van der Waals surface area contributed by atoms with Crippen LogP contribution in [0.5, 0.6) is 0 Å². The van der Waals surface area contributed by atoms with Gasteiger partial charge in [-0.25, -0.2) is 4.98 Å². The van der Waals surface area contributed by atoms with Gasteiger partial charge >= 0.3 is 0 Å². The van der Waals surface area contributed by atoms with Crippen molar-refractivity contribution in [1.29, 1.82) is 5.26 Å². The Hall–Kier alpha value is -1.86. The summed E-state index contributed by atoms with van der Waals surface area (Å²) < 4.78 is 0. The number of benzene rings is 1. The molecule has 1 aliphatic carbocycles. The van der Waals surface area contributed by atoms with E-state index in [0.29, 0.717) is 0 Å². The average Bonchev–Trinajstić information content (AvgIpc) is 2.90. The van der Waals surface area contributed by atoms with Gasteiger partial charge in [0.15, 0.2) is 5.13 Å². The summed E-state index contributed by atoms with van der Waals surface area (Å²) in [4.78, 5) is 6.02. The lowest BCUT2D eigenvalue weighted by atomic mass is 10.1. The summed E-state index contributed by atoms with van der Waals surface area (Å²) in [5.74, 6) is 0. The summed E-state index contributed by atoms with van der Waals surface area (Å²) in [5.41, 5.74) is 3.97. The van der Waals surface area contributed by atoms with Crippen LogP contribution >= 0.6 is 11.3 Å². The van der Waals surface area contributed by atoms with Crippen LogP contribution in [0.1, 0.15) is 28.1 Å². The van der Waals surface area contributed by atoms with Gasteiger partial charge in [0.1, 0.15) is 0 Å². The molecule has 0 amide bonds. The van der Waals surface area contributed by atoms with Crippen LogP contribution < -0.4 is 5.32 Å². The average molecular weight is 255 g/mol. The molecule has 4 heteroatoms. The number of nitrogens with zero attached hydrogens (tertiary/aromatic N) is 2. The molecule has 1 N–H and O–H groups in total. The number of rotatable bonds is 2. The van der Waals surface area contributed by atoms with Crippen molar-refractivity contribution >= 4 is 22.2 Å². The summed E-state index contributed by atoms with van der Waals surface area (Å²) in [6, 6.07) is 7.94. The summed E-state index contributed by atoms with van der Waals surface area (Å²) in [6.45, 7) is 1.95. The lowest BCUT2D eigenvalue weighted by Crippen LogP contribution is -1.92. The van der Waals surface area contributed by atoms with Gasteiger partial charge in [-0.05, 0) is 49.9 Å². The van der Waals surface area contributed by atoms with Crippen LogP contribution in [0.4, 0.5) is 10.8 Å². The van der Waals surface area contributed by atoms with Crippen LogP contribution in [0.25, 0.3) is 0 Å². The molecule has 0 bridgehead atoms. The van der Waals surface area contributed by atoms with Crippen molar-refractivity contribution in [2.24, 2.45) is 0 Å². The molecule has 0 unspecified atom stereocenters. The Labute approximate surface area is 110 Å². The largest absolute Gasteiger partial charge is 0.332 e. The van der Waals surface area contributed by atoms with Crippen molar-refractivity contribution in [3.63, 3.8) is 0 Å². The monoisotopic (exact) mass is 255 g/mol. The molecule has 2 aromatic rings. The standard InChI is InChI=1S/C14H13N3S/c1-9-7-11(6-5-10(9)8-15)16-14-17-12-3-2-4-13(12)18-14/h5-7H,2-4H2,1H3,(H,16,17). The topological polar surface area (TPSA) is 48.7 Å². The number of hydrogen-bond acceptors (Lipinski definition) is 4. The van der Waals surface area contributed by atoms with Crippen LogP contribution in [-0.4, -0.2) is 4.98 Å². The van der Waals surface area contributed by atoms with Crippen LogP contribution in [0, 0.1) is 18.3 Å². The van der Waals surface area contributed by atoms with Gasteiger partial charge in [-0.2, -0.15) is 5.26 Å². The number of fused-ring (bicyclic) bond motifs is 1. The second-order valence-corrected chi connectivity index (χ2v) is 5.59. The van der Waals surface area contributed by atoms with Crippen molar-refractivity contribution in [3.8, 4) is 6.07 Å². The first-order valence-corrected chi connectivity index (χ1v) is 6.84. The molecule has 0 fully saturated rings. The smallest absolute Gasteiger partial charge is 0.187 e. The fraction of sp³-hybridized carbons (Fsp3) is 0.286. The highest BCUT2D eigenvalue weighted by atomic mass is 32.1. The highest BCUT2D eigenvalue weighted by Crippen LogP contribution is 2.32. The van der Waals surface area contributed by atoms with Gasteiger partial charge in [0, 0.05) is 10.6 Å². The van der Waals surface area contributed by atoms with Gasteiger partial charge in [-0.3, -0.25) is 0 Å². The third kappa shape index (κ3) is 1.98. The van der Waals surface area contributed by atoms with E-state index in [-0.39, 0.29) is 0 Å². The van der Waals surface area contributed by atoms with Gasteiger partial charge in [-0.1, -0.05) is 0 Å². The Balaban J connectivity index is 1.84. The molecule has 1 aromatic heterocycles. The number of aromatic nitrogens is 1. The maximum atomic E-state index is 8.90. The fourth-order valence-electron chi connectivity index (χ4n) is 2.23. The molecular weight excluding hydrogens is 242 g/mol. The minimum Gasteiger partial charge on any atom is -0.332 e. The molecule has 90 valence electrons. The first-order valence-electron chi connectivity index (χ1n) is 6.02. The lowest BCUT2D eigenvalue weighted by molar-refractivity contribution is 0.900. The van der Waals surface area contributed by atoms with E-state index >= 15 is 0 Å². The Morgan fingerprint density at radius 2 is 2.28 bits per heavy atom. The molecule has 3 rings (SSSR count). The normalized spacial score (nSPS) is 13.1. The molecule has 0 saturated heterocycles. The zero-order valence-corrected chi connectivity index (χ0v) is 11.0. The maximum absolute atomic E-state index is 8.90. The first-order chi connectivity index (χ1) is 8.76. The second kappa shape index (κ2) is 4.43. The molecule has 1 aromatic carbocycles. The van der Waals surface area contributed by atoms with Crippen molar-refractivity contribution < 1.29 is 0 Å². The van der Waals surface area contributed by atoms with Crippen molar-refractivity contribution in [2.75, 3.05) is 5.32 Å². The number of aryl methyl sites for hydroxylation is 3. The molecular formula is C14H13N3S. The Morgan fingerprint density at radius 3 is 3.00 bits per heavy atom. The van der Waals surface area contributed by atoms with Gasteiger partial charge in [0.2, 0.25) is 0 Å². The van der Waals surface area contributed by atoms with Gasteiger partial charge in [0.05, 0.1) is 17.3 Å². The van der Waals surface area contributed by atoms with Crippen LogP contribution in [-0.2, 0) is 12.8 Å². The zero-order chi connectivity index (χ0) is 12.5. The number of hydrogen-bond donors (Lipinski definition) is 1. The summed E-state index contributed by atoms with van der Waals surface area (Å²) in [6.07, 6.45) is 3.52. The number of anilines is 2. The van der Waals surface area contributed by atoms with E-state index in [1.54, 1.807) is 11.3 Å². The fourth-order valence-corrected chi connectivity index (χ4v) is 3.30. The van der Waals surface area contributed by atoms with Crippen LogP contribution in [0.2, 0.25) is 0 Å². The van der Waals surface area contributed by atoms with Crippen molar-refractivity contribution in [1.82, 2.24) is 4.98 Å². The van der Waals surface area contributed by atoms with E-state index in [2.05, 4.69) is 16.4 Å². The number of nitrogens with one attached hydrogen (secondary N) is 1. The van der Waals surface area contributed by atoms with Crippen molar-refractivity contribution in [2.45, 2.75) is 26.2 Å². The predicted octanol–water partition coefficient (Wildman–Crippen LogP) is 3.56. The second-order valence-electron chi connectivity index (χ2n) is 4.51. The van der Waals surface area contributed by atoms with E-state index in [1.165, 1.54) is 23.4 Å². The molecule has 0 spiro atoms. The third-order valence-electron chi connectivity index (χ3n) is 3.19. The first kappa shape index (κ1) is 11.2. The summed E-state index contributed by atoms with van der Waals surface area (Å²) in [5, 5.41) is 13.2. The van der Waals surface area contributed by atoms with Gasteiger partial charge < -0.3 is 5.32 Å².